The maximum absolute atomic E-state index is 12.6. The lowest BCUT2D eigenvalue weighted by Gasteiger charge is -2.37. The zero-order valence-electron chi connectivity index (χ0n) is 11.9. The first kappa shape index (κ1) is 13.8. The van der Waals surface area contributed by atoms with Crippen LogP contribution in [-0.4, -0.2) is 41.9 Å². The number of thiophene rings is 1. The molecule has 0 radical (unpaired) electrons. The molecule has 0 aromatic carbocycles. The summed E-state index contributed by atoms with van der Waals surface area (Å²) in [6.07, 6.45) is 4.90. The van der Waals surface area contributed by atoms with Gasteiger partial charge in [0.25, 0.3) is 0 Å². The molecule has 0 bridgehead atoms. The first-order valence-corrected chi connectivity index (χ1v) is 8.31. The lowest BCUT2D eigenvalue weighted by Crippen LogP contribution is -2.44. The molecule has 0 aliphatic carbocycles. The molecule has 2 aliphatic rings. The molecule has 1 aromatic heterocycles. The SMILES string of the molecule is C=CCN1CCC2(CCN(Cc3ccsc3)CC2)C1=O. The van der Waals surface area contributed by atoms with Gasteiger partial charge in [-0.2, -0.15) is 11.3 Å². The lowest BCUT2D eigenvalue weighted by molar-refractivity contribution is -0.138. The molecule has 1 amide bonds. The van der Waals surface area contributed by atoms with Gasteiger partial charge < -0.3 is 4.90 Å². The van der Waals surface area contributed by atoms with Crippen LogP contribution in [0.5, 0.6) is 0 Å². The van der Waals surface area contributed by atoms with E-state index in [9.17, 15) is 4.79 Å². The van der Waals surface area contributed by atoms with Gasteiger partial charge in [0.05, 0.1) is 5.41 Å². The standard InChI is InChI=1S/C16H22N2OS/c1-2-7-18-10-6-16(15(18)19)4-8-17(9-5-16)12-14-3-11-20-13-14/h2-3,11,13H,1,4-10,12H2. The molecule has 1 aromatic rings. The second-order valence-corrected chi connectivity index (χ2v) is 6.76. The monoisotopic (exact) mass is 290 g/mol. The molecule has 20 heavy (non-hydrogen) atoms. The van der Waals surface area contributed by atoms with Crippen LogP contribution in [0.3, 0.4) is 0 Å². The van der Waals surface area contributed by atoms with Crippen LogP contribution in [0.15, 0.2) is 29.5 Å². The number of piperidine rings is 1. The van der Waals surface area contributed by atoms with Gasteiger partial charge in [0.2, 0.25) is 5.91 Å². The number of amides is 1. The summed E-state index contributed by atoms with van der Waals surface area (Å²) in [4.78, 5) is 17.0. The highest BCUT2D eigenvalue weighted by Crippen LogP contribution is 2.41. The fourth-order valence-electron chi connectivity index (χ4n) is 3.47. The minimum Gasteiger partial charge on any atom is -0.338 e. The molecule has 108 valence electrons. The van der Waals surface area contributed by atoms with Gasteiger partial charge in [-0.25, -0.2) is 0 Å². The molecule has 3 nitrogen and oxygen atoms in total. The van der Waals surface area contributed by atoms with E-state index < -0.39 is 0 Å². The third-order valence-electron chi connectivity index (χ3n) is 4.75. The van der Waals surface area contributed by atoms with Crippen molar-refractivity contribution < 1.29 is 4.79 Å². The van der Waals surface area contributed by atoms with E-state index in [1.807, 2.05) is 11.0 Å². The van der Waals surface area contributed by atoms with E-state index in [0.717, 1.165) is 45.4 Å². The van der Waals surface area contributed by atoms with Crippen molar-refractivity contribution in [2.24, 2.45) is 5.41 Å². The van der Waals surface area contributed by atoms with Gasteiger partial charge >= 0.3 is 0 Å². The summed E-state index contributed by atoms with van der Waals surface area (Å²) in [5.74, 6) is 0.368. The summed E-state index contributed by atoms with van der Waals surface area (Å²) < 4.78 is 0. The summed E-state index contributed by atoms with van der Waals surface area (Å²) in [7, 11) is 0. The molecule has 0 saturated carbocycles. The normalized spacial score (nSPS) is 22.6. The first-order chi connectivity index (χ1) is 9.73. The average Bonchev–Trinajstić information content (AvgIpc) is 3.06. The third-order valence-corrected chi connectivity index (χ3v) is 5.48. The Hall–Kier alpha value is -1.13. The predicted molar refractivity (Wildman–Crippen MR) is 82.7 cm³/mol. The molecule has 3 rings (SSSR count). The smallest absolute Gasteiger partial charge is 0.229 e. The van der Waals surface area contributed by atoms with E-state index in [1.165, 1.54) is 5.56 Å². The quantitative estimate of drug-likeness (QED) is 0.796. The fourth-order valence-corrected chi connectivity index (χ4v) is 4.13. The van der Waals surface area contributed by atoms with E-state index in [1.54, 1.807) is 11.3 Å². The molecule has 2 fully saturated rings. The number of likely N-dealkylation sites (tertiary alicyclic amines) is 2. The van der Waals surface area contributed by atoms with Crippen LogP contribution in [0.4, 0.5) is 0 Å². The summed E-state index contributed by atoms with van der Waals surface area (Å²) in [6, 6.07) is 2.20. The van der Waals surface area contributed by atoms with E-state index in [0.29, 0.717) is 12.5 Å². The van der Waals surface area contributed by atoms with Crippen LogP contribution < -0.4 is 0 Å². The maximum Gasteiger partial charge on any atom is 0.229 e. The Morgan fingerprint density at radius 1 is 1.30 bits per heavy atom. The molecular weight excluding hydrogens is 268 g/mol. The summed E-state index contributed by atoms with van der Waals surface area (Å²) >= 11 is 1.76. The number of hydrogen-bond acceptors (Lipinski definition) is 3. The zero-order chi connectivity index (χ0) is 14.0. The molecule has 0 unspecified atom stereocenters. The molecule has 0 N–H and O–H groups in total. The van der Waals surface area contributed by atoms with Crippen LogP contribution in [-0.2, 0) is 11.3 Å². The zero-order valence-corrected chi connectivity index (χ0v) is 12.7. The van der Waals surface area contributed by atoms with Crippen molar-refractivity contribution >= 4 is 17.2 Å². The van der Waals surface area contributed by atoms with E-state index in [-0.39, 0.29) is 5.41 Å². The van der Waals surface area contributed by atoms with Gasteiger partial charge in [0.15, 0.2) is 0 Å². The predicted octanol–water partition coefficient (Wildman–Crippen LogP) is 2.75. The van der Waals surface area contributed by atoms with Crippen LogP contribution in [0.25, 0.3) is 0 Å². The number of hydrogen-bond donors (Lipinski definition) is 0. The van der Waals surface area contributed by atoms with Crippen LogP contribution >= 0.6 is 11.3 Å². The highest BCUT2D eigenvalue weighted by atomic mass is 32.1. The summed E-state index contributed by atoms with van der Waals surface area (Å²) in [6.45, 7) is 8.49. The first-order valence-electron chi connectivity index (χ1n) is 7.37. The Morgan fingerprint density at radius 2 is 2.05 bits per heavy atom. The van der Waals surface area contributed by atoms with Gasteiger partial charge in [0, 0.05) is 19.6 Å². The summed E-state index contributed by atoms with van der Waals surface area (Å²) in [5.41, 5.74) is 1.34. The Morgan fingerprint density at radius 3 is 2.70 bits per heavy atom. The molecule has 3 heterocycles. The van der Waals surface area contributed by atoms with E-state index >= 15 is 0 Å². The largest absolute Gasteiger partial charge is 0.338 e. The number of carbonyl (C=O) groups excluding carboxylic acids is 1. The number of nitrogens with zero attached hydrogens (tertiary/aromatic N) is 2. The molecule has 0 atom stereocenters. The Kier molecular flexibility index (Phi) is 3.94. The molecule has 4 heteroatoms. The van der Waals surface area contributed by atoms with Gasteiger partial charge in [-0.1, -0.05) is 6.08 Å². The van der Waals surface area contributed by atoms with Gasteiger partial charge in [-0.15, -0.1) is 6.58 Å². The van der Waals surface area contributed by atoms with Crippen molar-refractivity contribution in [1.29, 1.82) is 0 Å². The highest BCUT2D eigenvalue weighted by molar-refractivity contribution is 7.07. The number of carbonyl (C=O) groups is 1. The van der Waals surface area contributed by atoms with Gasteiger partial charge in [-0.05, 0) is 54.7 Å². The molecule has 1 spiro atoms. The second-order valence-electron chi connectivity index (χ2n) is 5.98. The molecular formula is C16H22N2OS. The maximum atomic E-state index is 12.6. The van der Waals surface area contributed by atoms with Crippen molar-refractivity contribution in [3.63, 3.8) is 0 Å². The van der Waals surface area contributed by atoms with Crippen molar-refractivity contribution in [3.05, 3.63) is 35.0 Å². The fraction of sp³-hybridized carbons (Fsp3) is 0.562. The van der Waals surface area contributed by atoms with Crippen LogP contribution in [0.2, 0.25) is 0 Å². The average molecular weight is 290 g/mol. The van der Waals surface area contributed by atoms with Crippen molar-refractivity contribution in [1.82, 2.24) is 9.80 Å². The Bertz CT molecular complexity index is 475. The number of rotatable bonds is 4. The molecule has 2 saturated heterocycles. The van der Waals surface area contributed by atoms with Crippen molar-refractivity contribution in [2.45, 2.75) is 25.8 Å². The Labute approximate surface area is 124 Å². The van der Waals surface area contributed by atoms with Crippen molar-refractivity contribution in [2.75, 3.05) is 26.2 Å². The highest BCUT2D eigenvalue weighted by Gasteiger charge is 2.47. The van der Waals surface area contributed by atoms with Gasteiger partial charge in [-0.3, -0.25) is 9.69 Å². The van der Waals surface area contributed by atoms with E-state index in [4.69, 9.17) is 0 Å². The Balaban J connectivity index is 1.58. The van der Waals surface area contributed by atoms with Crippen molar-refractivity contribution in [3.8, 4) is 0 Å². The lowest BCUT2D eigenvalue weighted by atomic mass is 9.77. The topological polar surface area (TPSA) is 23.6 Å². The van der Waals surface area contributed by atoms with Crippen LogP contribution in [0, 0.1) is 5.41 Å². The van der Waals surface area contributed by atoms with Gasteiger partial charge in [0.1, 0.15) is 0 Å². The summed E-state index contributed by atoms with van der Waals surface area (Å²) in [5, 5.41) is 4.35. The second kappa shape index (κ2) is 5.70. The minimum absolute atomic E-state index is 0.0614. The molecule has 2 aliphatic heterocycles. The van der Waals surface area contributed by atoms with Crippen LogP contribution in [0.1, 0.15) is 24.8 Å². The minimum atomic E-state index is -0.0614. The third kappa shape index (κ3) is 2.54. The van der Waals surface area contributed by atoms with E-state index in [2.05, 4.69) is 28.3 Å².